The van der Waals surface area contributed by atoms with Crippen molar-refractivity contribution in [1.82, 2.24) is 0 Å². The quantitative estimate of drug-likeness (QED) is 0.465. The average molecular weight is 488 g/mol. The number of esters is 1. The third-order valence-corrected chi connectivity index (χ3v) is 5.99. The van der Waals surface area contributed by atoms with Gasteiger partial charge in [-0.25, -0.2) is 0 Å². The molecule has 0 fully saturated rings. The maximum Gasteiger partial charge on any atom is 0.322 e. The lowest BCUT2D eigenvalue weighted by Gasteiger charge is -2.27. The van der Waals surface area contributed by atoms with Crippen molar-refractivity contribution in [2.24, 2.45) is 5.73 Å². The summed E-state index contributed by atoms with van der Waals surface area (Å²) in [6.45, 7) is 0.706. The van der Waals surface area contributed by atoms with Crippen molar-refractivity contribution in [2.45, 2.75) is 25.2 Å². The summed E-state index contributed by atoms with van der Waals surface area (Å²) in [5, 5.41) is 1.00. The first kappa shape index (κ1) is 23.2. The predicted molar refractivity (Wildman–Crippen MR) is 126 cm³/mol. The predicted octanol–water partition coefficient (Wildman–Crippen LogP) is 5.13. The van der Waals surface area contributed by atoms with Crippen molar-refractivity contribution >= 4 is 29.2 Å². The molecule has 1 heterocycles. The van der Waals surface area contributed by atoms with Crippen LogP contribution in [-0.4, -0.2) is 25.7 Å². The molecule has 33 heavy (non-hydrogen) atoms. The Morgan fingerprint density at radius 3 is 2.67 bits per heavy atom. The van der Waals surface area contributed by atoms with Crippen LogP contribution in [-0.2, 0) is 22.6 Å². The molecule has 8 heteroatoms. The Labute approximate surface area is 202 Å². The number of carbonyl (C=O) groups is 1. The molecule has 0 aromatic heterocycles. The molecule has 3 aromatic rings. The molecule has 172 valence electrons. The standard InChI is InChI=1S/C25H23Cl2NO5/c1-30-25(29)21(28)10-15-6-8-22-23(11-15)32-14-24(33-22)17-3-2-4-18(12-17)31-13-16-5-7-19(26)20(27)9-16/h2-9,11-12,21,24H,10,13-14,28H2,1H3/t21-,24+/m0/s1. The number of rotatable bonds is 7. The smallest absolute Gasteiger partial charge is 0.322 e. The summed E-state index contributed by atoms with van der Waals surface area (Å²) in [7, 11) is 1.32. The highest BCUT2D eigenvalue weighted by atomic mass is 35.5. The van der Waals surface area contributed by atoms with Gasteiger partial charge in [0.2, 0.25) is 0 Å². The second-order valence-corrected chi connectivity index (χ2v) is 8.46. The molecule has 6 nitrogen and oxygen atoms in total. The molecule has 0 bridgehead atoms. The highest BCUT2D eigenvalue weighted by molar-refractivity contribution is 6.42. The van der Waals surface area contributed by atoms with Gasteiger partial charge >= 0.3 is 5.97 Å². The molecule has 1 aliphatic heterocycles. The van der Waals surface area contributed by atoms with E-state index in [1.54, 1.807) is 12.1 Å². The highest BCUT2D eigenvalue weighted by Gasteiger charge is 2.24. The summed E-state index contributed by atoms with van der Waals surface area (Å²) >= 11 is 12.0. The monoisotopic (exact) mass is 487 g/mol. The van der Waals surface area contributed by atoms with Crippen LogP contribution < -0.4 is 19.9 Å². The van der Waals surface area contributed by atoms with Crippen LogP contribution in [0, 0.1) is 0 Å². The minimum absolute atomic E-state index is 0.283. The zero-order chi connectivity index (χ0) is 23.4. The van der Waals surface area contributed by atoms with Gasteiger partial charge in [0.25, 0.3) is 0 Å². The van der Waals surface area contributed by atoms with Gasteiger partial charge in [0.15, 0.2) is 17.6 Å². The molecule has 2 atom stereocenters. The van der Waals surface area contributed by atoms with E-state index < -0.39 is 12.0 Å². The Hall–Kier alpha value is -2.93. The van der Waals surface area contributed by atoms with Gasteiger partial charge in [-0.05, 0) is 59.5 Å². The molecule has 0 aliphatic carbocycles. The fourth-order valence-electron chi connectivity index (χ4n) is 3.50. The normalized spacial score (nSPS) is 15.6. The minimum atomic E-state index is -0.725. The van der Waals surface area contributed by atoms with Crippen LogP contribution in [0.1, 0.15) is 22.8 Å². The van der Waals surface area contributed by atoms with Crippen LogP contribution in [0.4, 0.5) is 0 Å². The van der Waals surface area contributed by atoms with E-state index in [9.17, 15) is 4.79 Å². The first-order valence-corrected chi connectivity index (χ1v) is 11.1. The topological polar surface area (TPSA) is 80.0 Å². The van der Waals surface area contributed by atoms with Crippen molar-refractivity contribution < 1.29 is 23.7 Å². The van der Waals surface area contributed by atoms with Gasteiger partial charge in [-0.3, -0.25) is 4.79 Å². The maximum absolute atomic E-state index is 11.6. The second-order valence-electron chi connectivity index (χ2n) is 7.64. The Bertz CT molecular complexity index is 1150. The number of hydrogen-bond donors (Lipinski definition) is 1. The van der Waals surface area contributed by atoms with Crippen LogP contribution in [0.25, 0.3) is 0 Å². The van der Waals surface area contributed by atoms with Gasteiger partial charge in [0.1, 0.15) is 25.0 Å². The summed E-state index contributed by atoms with van der Waals surface area (Å²) < 4.78 is 22.7. The molecular formula is C25H23Cl2NO5. The largest absolute Gasteiger partial charge is 0.489 e. The third kappa shape index (κ3) is 5.71. The third-order valence-electron chi connectivity index (χ3n) is 5.25. The Kier molecular flexibility index (Phi) is 7.28. The molecule has 0 unspecified atom stereocenters. The second kappa shape index (κ2) is 10.3. The number of methoxy groups -OCH3 is 1. The van der Waals surface area contributed by atoms with Gasteiger partial charge in [0, 0.05) is 0 Å². The number of halogens is 2. The van der Waals surface area contributed by atoms with E-state index in [0.29, 0.717) is 46.9 Å². The summed E-state index contributed by atoms with van der Waals surface area (Å²) in [4.78, 5) is 11.6. The zero-order valence-electron chi connectivity index (χ0n) is 17.9. The molecule has 0 radical (unpaired) electrons. The number of hydrogen-bond acceptors (Lipinski definition) is 6. The molecular weight excluding hydrogens is 465 g/mol. The molecule has 3 aromatic carbocycles. The van der Waals surface area contributed by atoms with Crippen molar-refractivity contribution in [1.29, 1.82) is 0 Å². The van der Waals surface area contributed by atoms with Crippen LogP contribution in [0.3, 0.4) is 0 Å². The lowest BCUT2D eigenvalue weighted by atomic mass is 10.0. The highest BCUT2D eigenvalue weighted by Crippen LogP contribution is 2.38. The Balaban J connectivity index is 1.41. The first-order valence-electron chi connectivity index (χ1n) is 10.4. The maximum atomic E-state index is 11.6. The fraction of sp³-hybridized carbons (Fsp3) is 0.240. The van der Waals surface area contributed by atoms with Crippen molar-refractivity contribution in [2.75, 3.05) is 13.7 Å². The van der Waals surface area contributed by atoms with Gasteiger partial charge < -0.3 is 24.7 Å². The summed E-state index contributed by atoms with van der Waals surface area (Å²) in [6.07, 6.45) is 0.0690. The first-order chi connectivity index (χ1) is 15.9. The zero-order valence-corrected chi connectivity index (χ0v) is 19.4. The van der Waals surface area contributed by atoms with Gasteiger partial charge in [-0.15, -0.1) is 0 Å². The number of fused-ring (bicyclic) bond motifs is 1. The minimum Gasteiger partial charge on any atom is -0.489 e. The molecule has 4 rings (SSSR count). The van der Waals surface area contributed by atoms with Gasteiger partial charge in [-0.2, -0.15) is 0 Å². The molecule has 0 amide bonds. The van der Waals surface area contributed by atoms with E-state index in [2.05, 4.69) is 4.74 Å². The van der Waals surface area contributed by atoms with Crippen LogP contribution in [0.2, 0.25) is 10.0 Å². The summed E-state index contributed by atoms with van der Waals surface area (Å²) in [6, 6.07) is 17.9. The average Bonchev–Trinajstić information content (AvgIpc) is 2.84. The van der Waals surface area contributed by atoms with Crippen LogP contribution in [0.15, 0.2) is 60.7 Å². The number of carbonyl (C=O) groups excluding carboxylic acids is 1. The Morgan fingerprint density at radius 2 is 1.88 bits per heavy atom. The van der Waals surface area contributed by atoms with Crippen molar-refractivity contribution in [3.63, 3.8) is 0 Å². The van der Waals surface area contributed by atoms with Gasteiger partial charge in [-0.1, -0.05) is 47.5 Å². The van der Waals surface area contributed by atoms with Crippen LogP contribution >= 0.6 is 23.2 Å². The van der Waals surface area contributed by atoms with E-state index in [-0.39, 0.29) is 6.10 Å². The molecule has 0 saturated heterocycles. The van der Waals surface area contributed by atoms with E-state index in [0.717, 1.165) is 16.7 Å². The van der Waals surface area contributed by atoms with Crippen LogP contribution in [0.5, 0.6) is 17.2 Å². The van der Waals surface area contributed by atoms with E-state index in [1.165, 1.54) is 7.11 Å². The lowest BCUT2D eigenvalue weighted by Crippen LogP contribution is -2.33. The SMILES string of the molecule is COC(=O)[C@@H](N)Cc1ccc2c(c1)OC[C@H](c1cccc(OCc3ccc(Cl)c(Cl)c3)c1)O2. The Morgan fingerprint density at radius 1 is 1.06 bits per heavy atom. The summed E-state index contributed by atoms with van der Waals surface area (Å²) in [5.74, 6) is 1.50. The molecule has 2 N–H and O–H groups in total. The van der Waals surface area contributed by atoms with Crippen molar-refractivity contribution in [3.05, 3.63) is 87.4 Å². The summed E-state index contributed by atoms with van der Waals surface area (Å²) in [5.41, 5.74) is 8.57. The molecule has 0 spiro atoms. The lowest BCUT2D eigenvalue weighted by molar-refractivity contribution is -0.142. The molecule has 0 saturated carbocycles. The number of benzene rings is 3. The van der Waals surface area contributed by atoms with E-state index >= 15 is 0 Å². The number of ether oxygens (including phenoxy) is 4. The van der Waals surface area contributed by atoms with E-state index in [4.69, 9.17) is 43.1 Å². The fourth-order valence-corrected chi connectivity index (χ4v) is 3.82. The number of nitrogens with two attached hydrogens (primary N) is 1. The van der Waals surface area contributed by atoms with E-state index in [1.807, 2.05) is 48.5 Å². The van der Waals surface area contributed by atoms with Crippen molar-refractivity contribution in [3.8, 4) is 17.2 Å². The molecule has 1 aliphatic rings. The van der Waals surface area contributed by atoms with Gasteiger partial charge in [0.05, 0.1) is 17.2 Å².